The Morgan fingerprint density at radius 3 is 2.21 bits per heavy atom. The van der Waals surface area contributed by atoms with Crippen molar-refractivity contribution >= 4 is 90.3 Å². The monoisotopic (exact) mass is 545 g/mol. The van der Waals surface area contributed by atoms with Gasteiger partial charge in [0.25, 0.3) is 11.8 Å². The molecule has 194 valence electrons. The smallest absolute Gasteiger partial charge is 0.348 e. The highest BCUT2D eigenvalue weighted by Gasteiger charge is 2.60. The Balaban J connectivity index is 1.65. The molecule has 2 atom stereocenters. The average molecular weight is 545 g/mol. The molecule has 1 unspecified atom stereocenters. The predicted molar refractivity (Wildman–Crippen MR) is 162 cm³/mol. The Labute approximate surface area is 237 Å². The number of nitrogens with one attached hydrogen (secondary N) is 1. The van der Waals surface area contributed by atoms with Crippen LogP contribution in [0.2, 0.25) is 16.1 Å². The number of halogens is 3. The third kappa shape index (κ3) is 4.26. The second kappa shape index (κ2) is 9.35. The predicted octanol–water partition coefficient (Wildman–Crippen LogP) is -4.37. The van der Waals surface area contributed by atoms with Crippen LogP contribution in [0.25, 0.3) is 0 Å². The van der Waals surface area contributed by atoms with Gasteiger partial charge in [-0.15, -0.1) is 0 Å². The molecule has 7 nitrogen and oxygen atoms in total. The van der Waals surface area contributed by atoms with Crippen LogP contribution in [0.4, 0.5) is 8.78 Å². The lowest BCUT2D eigenvalue weighted by Gasteiger charge is -2.54. The number of alkyl halides is 2. The van der Waals surface area contributed by atoms with E-state index in [1.165, 1.54) is 25.0 Å². The fraction of sp³-hybridized carbons (Fsp3) is 0.273. The Morgan fingerprint density at radius 1 is 1.05 bits per heavy atom. The summed E-state index contributed by atoms with van der Waals surface area (Å²) in [5, 5.41) is 0.633. The van der Waals surface area contributed by atoms with Crippen molar-refractivity contribution in [3.8, 4) is 0 Å². The molecule has 0 aliphatic carbocycles. The van der Waals surface area contributed by atoms with Crippen LogP contribution in [0.1, 0.15) is 27.0 Å². The molecular formula is C22H25B7ClF2N3O4. The van der Waals surface area contributed by atoms with E-state index in [2.05, 4.69) is 5.32 Å². The zero-order valence-electron chi connectivity index (χ0n) is 23.0. The summed E-state index contributed by atoms with van der Waals surface area (Å²) in [6.07, 6.45) is 0. The zero-order chi connectivity index (χ0) is 29.3. The number of piperidine rings is 1. The van der Waals surface area contributed by atoms with Gasteiger partial charge < -0.3 is 9.71 Å². The van der Waals surface area contributed by atoms with Gasteiger partial charge in [0.2, 0.25) is 19.8 Å². The molecule has 1 saturated heterocycles. The zero-order valence-corrected chi connectivity index (χ0v) is 23.7. The Kier molecular flexibility index (Phi) is 6.98. The molecule has 2 aromatic carbocycles. The van der Waals surface area contributed by atoms with Crippen molar-refractivity contribution in [1.82, 2.24) is 15.0 Å². The van der Waals surface area contributed by atoms with E-state index in [4.69, 9.17) is 11.6 Å². The first-order chi connectivity index (χ1) is 17.9. The number of imide groups is 1. The van der Waals surface area contributed by atoms with Gasteiger partial charge in [-0.25, -0.2) is 0 Å². The molecule has 4 rings (SSSR count). The lowest BCUT2D eigenvalue weighted by Crippen LogP contribution is -2.72. The van der Waals surface area contributed by atoms with Crippen molar-refractivity contribution in [1.29, 1.82) is 0 Å². The third-order valence-electron chi connectivity index (χ3n) is 9.18. The van der Waals surface area contributed by atoms with Gasteiger partial charge in [-0.1, -0.05) is 41.1 Å². The number of carbonyl (C=O) groups excluding carboxylic acids is 4. The topological polar surface area (TPSA) is 86.8 Å². The van der Waals surface area contributed by atoms with E-state index in [1.807, 2.05) is 0 Å². The Hall–Kier alpha value is -2.88. The van der Waals surface area contributed by atoms with Crippen molar-refractivity contribution in [2.75, 3.05) is 0 Å². The van der Waals surface area contributed by atoms with E-state index < -0.39 is 51.0 Å². The van der Waals surface area contributed by atoms with Crippen LogP contribution < -0.4 is 5.32 Å². The highest BCUT2D eigenvalue weighted by molar-refractivity contribution is 6.57. The number of benzene rings is 2. The van der Waals surface area contributed by atoms with Crippen molar-refractivity contribution < 1.29 is 28.0 Å². The maximum absolute atomic E-state index is 15.2. The molecule has 39 heavy (non-hydrogen) atoms. The summed E-state index contributed by atoms with van der Waals surface area (Å²) in [5.41, 5.74) is -0.266. The van der Waals surface area contributed by atoms with E-state index in [0.717, 1.165) is 16.9 Å². The number of hydrogen-bond acceptors (Lipinski definition) is 4. The number of rotatable bonds is 5. The normalized spacial score (nSPS) is 22.8. The summed E-state index contributed by atoms with van der Waals surface area (Å²) in [6.45, 7) is 0.0882. The molecular weight excluding hydrogens is 519 g/mol. The molecule has 4 amide bonds. The number of carbonyl (C=O) groups is 4. The van der Waals surface area contributed by atoms with Gasteiger partial charge in [-0.05, 0) is 34.7 Å². The van der Waals surface area contributed by atoms with Gasteiger partial charge in [-0.2, -0.15) is 8.78 Å². The quantitative estimate of drug-likeness (QED) is 0.305. The maximum Gasteiger partial charge on any atom is 0.348 e. The summed E-state index contributed by atoms with van der Waals surface area (Å²) in [5.74, 6) is -7.01. The highest BCUT2D eigenvalue weighted by atomic mass is 35.5. The van der Waals surface area contributed by atoms with Crippen molar-refractivity contribution in [2.45, 2.75) is 34.3 Å². The molecule has 0 bridgehead atoms. The van der Waals surface area contributed by atoms with Crippen LogP contribution in [0.15, 0.2) is 42.5 Å². The summed E-state index contributed by atoms with van der Waals surface area (Å²) in [6, 6.07) is 9.78. The molecule has 2 aromatic rings. The van der Waals surface area contributed by atoms with Crippen LogP contribution >= 0.6 is 11.6 Å². The SMILES string of the molecule is BC1C(=O)NC(=O)[C@](B)(N2Cc3cc(C(B)(B)N(B)C(=O)C(F)(F)c4ccc(Cl)cc4)ccc3C2=O)C1(B)B. The standard InChI is InChI=1S/C22H25B7ClF2N3O4/c23-14-15(36)33-17(38)21(26,20(14,24)25)34-8-9-7-11(3-6-13(9)16(34)37)22(27,28)35(29)18(39)19(31,32)10-1-4-12(30)5-2-10/h1-7,14H,8,23-29H2,(H,33,36,38)/t14?,21-/m0/s1. The van der Waals surface area contributed by atoms with Crippen LogP contribution in [-0.4, -0.2) is 93.8 Å². The largest absolute Gasteiger partial charge is 0.393 e. The van der Waals surface area contributed by atoms with Gasteiger partial charge in [-0.3, -0.25) is 24.5 Å². The molecule has 0 spiro atoms. The lowest BCUT2D eigenvalue weighted by molar-refractivity contribution is -0.155. The van der Waals surface area contributed by atoms with E-state index in [1.54, 1.807) is 65.3 Å². The number of fused-ring (bicyclic) bond motifs is 1. The second-order valence-corrected chi connectivity index (χ2v) is 12.0. The first-order valence-electron chi connectivity index (χ1n) is 12.6. The number of amides is 4. The van der Waals surface area contributed by atoms with Gasteiger partial charge in [0.05, 0.1) is 5.44 Å². The molecule has 0 aromatic heterocycles. The van der Waals surface area contributed by atoms with E-state index in [-0.39, 0.29) is 17.5 Å². The molecule has 2 aliphatic rings. The summed E-state index contributed by atoms with van der Waals surface area (Å²) >= 11 is 5.81. The van der Waals surface area contributed by atoms with Gasteiger partial charge >= 0.3 is 5.92 Å². The lowest BCUT2D eigenvalue weighted by atomic mass is 9.31. The van der Waals surface area contributed by atoms with Gasteiger partial charge in [0, 0.05) is 28.5 Å². The summed E-state index contributed by atoms with van der Waals surface area (Å²) in [7, 11) is 11.6. The van der Waals surface area contributed by atoms with Crippen LogP contribution in [0.3, 0.4) is 0 Å². The molecule has 0 radical (unpaired) electrons. The minimum atomic E-state index is -3.79. The minimum absolute atomic E-state index is 0.0882. The van der Waals surface area contributed by atoms with Crippen LogP contribution in [-0.2, 0) is 32.2 Å². The molecule has 2 aliphatic heterocycles. The fourth-order valence-corrected chi connectivity index (χ4v) is 5.48. The van der Waals surface area contributed by atoms with E-state index in [9.17, 15) is 19.2 Å². The average Bonchev–Trinajstić information content (AvgIpc) is 3.21. The summed E-state index contributed by atoms with van der Waals surface area (Å²) < 4.78 is 30.3. The van der Waals surface area contributed by atoms with Crippen molar-refractivity contribution in [2.24, 2.45) is 0 Å². The van der Waals surface area contributed by atoms with Crippen molar-refractivity contribution in [3.05, 3.63) is 69.7 Å². The molecule has 17 heteroatoms. The van der Waals surface area contributed by atoms with Crippen LogP contribution in [0, 0.1) is 0 Å². The highest BCUT2D eigenvalue weighted by Crippen LogP contribution is 2.49. The fourth-order valence-electron chi connectivity index (χ4n) is 5.36. The first-order valence-corrected chi connectivity index (χ1v) is 13.0. The van der Waals surface area contributed by atoms with Gasteiger partial charge in [0.1, 0.15) is 47.1 Å². The number of nitrogens with zero attached hydrogens (tertiary/aromatic N) is 2. The Bertz CT molecular complexity index is 1410. The molecule has 1 fully saturated rings. The van der Waals surface area contributed by atoms with E-state index in [0.29, 0.717) is 16.7 Å². The third-order valence-corrected chi connectivity index (χ3v) is 9.44. The Morgan fingerprint density at radius 2 is 1.62 bits per heavy atom. The maximum atomic E-state index is 15.2. The second-order valence-electron chi connectivity index (χ2n) is 11.6. The minimum Gasteiger partial charge on any atom is -0.393 e. The van der Waals surface area contributed by atoms with E-state index >= 15 is 8.78 Å². The first kappa shape index (κ1) is 29.1. The van der Waals surface area contributed by atoms with Gasteiger partial charge in [0.15, 0.2) is 0 Å². The number of hydrogen-bond donors (Lipinski definition) is 1. The molecule has 1 N–H and O–H groups in total. The molecule has 2 heterocycles. The summed E-state index contributed by atoms with van der Waals surface area (Å²) in [4.78, 5) is 54.5. The van der Waals surface area contributed by atoms with Crippen molar-refractivity contribution in [3.63, 3.8) is 0 Å². The molecule has 0 saturated carbocycles. The van der Waals surface area contributed by atoms with Crippen LogP contribution in [0.5, 0.6) is 0 Å².